The molecular formula is C17H8ClF4NOS2. The van der Waals surface area contributed by atoms with Gasteiger partial charge >= 0.3 is 6.18 Å². The summed E-state index contributed by atoms with van der Waals surface area (Å²) in [6.07, 6.45) is -3.23. The van der Waals surface area contributed by atoms with Gasteiger partial charge in [0.05, 0.1) is 21.2 Å². The Balaban J connectivity index is 1.98. The zero-order valence-corrected chi connectivity index (χ0v) is 15.1. The van der Waals surface area contributed by atoms with E-state index in [1.54, 1.807) is 6.07 Å². The van der Waals surface area contributed by atoms with Crippen molar-refractivity contribution in [2.24, 2.45) is 0 Å². The second-order valence-electron chi connectivity index (χ2n) is 5.23. The molecule has 0 bridgehead atoms. The number of halogens is 5. The van der Waals surface area contributed by atoms with Gasteiger partial charge in [-0.2, -0.15) is 13.2 Å². The molecule has 1 saturated heterocycles. The molecule has 0 spiro atoms. The second-order valence-corrected chi connectivity index (χ2v) is 7.32. The fourth-order valence-electron chi connectivity index (χ4n) is 2.31. The van der Waals surface area contributed by atoms with E-state index in [0.29, 0.717) is 5.56 Å². The zero-order chi connectivity index (χ0) is 19.1. The fraction of sp³-hybridized carbons (Fsp3) is 0.0588. The standard InChI is InChI=1S/C17H8ClF4NOS2/c18-13-5-4-11(8-12(13)17(20,21)22)23-15(24)14(26-16(23)25)7-9-2-1-3-10(19)6-9/h1-8H/b14-7-. The maximum atomic E-state index is 13.3. The average Bonchev–Trinajstić information content (AvgIpc) is 2.81. The molecule has 0 radical (unpaired) electrons. The molecule has 0 saturated carbocycles. The summed E-state index contributed by atoms with van der Waals surface area (Å²) < 4.78 is 52.5. The summed E-state index contributed by atoms with van der Waals surface area (Å²) in [4.78, 5) is 13.8. The van der Waals surface area contributed by atoms with E-state index in [1.165, 1.54) is 30.3 Å². The summed E-state index contributed by atoms with van der Waals surface area (Å²) in [5.41, 5.74) is -0.649. The Bertz CT molecular complexity index is 943. The van der Waals surface area contributed by atoms with Crippen LogP contribution < -0.4 is 4.90 Å². The van der Waals surface area contributed by atoms with Gasteiger partial charge in [-0.3, -0.25) is 9.69 Å². The third-order valence-corrected chi connectivity index (χ3v) is 5.09. The molecule has 1 amide bonds. The van der Waals surface area contributed by atoms with Crippen molar-refractivity contribution in [2.75, 3.05) is 4.90 Å². The van der Waals surface area contributed by atoms with Crippen LogP contribution in [0.1, 0.15) is 11.1 Å². The minimum atomic E-state index is -4.66. The molecular weight excluding hydrogens is 410 g/mol. The number of benzene rings is 2. The first kappa shape index (κ1) is 18.9. The van der Waals surface area contributed by atoms with Crippen molar-refractivity contribution < 1.29 is 22.4 Å². The predicted molar refractivity (Wildman–Crippen MR) is 98.5 cm³/mol. The van der Waals surface area contributed by atoms with Gasteiger partial charge in [-0.1, -0.05) is 47.7 Å². The van der Waals surface area contributed by atoms with Gasteiger partial charge in [-0.25, -0.2) is 4.39 Å². The molecule has 0 atom stereocenters. The van der Waals surface area contributed by atoms with Gasteiger partial charge < -0.3 is 0 Å². The molecule has 0 aliphatic carbocycles. The van der Waals surface area contributed by atoms with Crippen molar-refractivity contribution in [2.45, 2.75) is 6.18 Å². The average molecular weight is 418 g/mol. The molecule has 1 heterocycles. The van der Waals surface area contributed by atoms with Gasteiger partial charge in [0.15, 0.2) is 4.32 Å². The molecule has 3 rings (SSSR count). The molecule has 1 fully saturated rings. The summed E-state index contributed by atoms with van der Waals surface area (Å²) in [5.74, 6) is -1.05. The molecule has 0 unspecified atom stereocenters. The molecule has 1 aliphatic rings. The minimum absolute atomic E-state index is 0.0353. The quantitative estimate of drug-likeness (QED) is 0.344. The molecule has 9 heteroatoms. The number of hydrogen-bond donors (Lipinski definition) is 0. The van der Waals surface area contributed by atoms with Crippen LogP contribution in [0, 0.1) is 5.82 Å². The lowest BCUT2D eigenvalue weighted by Crippen LogP contribution is -2.27. The lowest BCUT2D eigenvalue weighted by atomic mass is 10.1. The van der Waals surface area contributed by atoms with Crippen LogP contribution in [-0.2, 0) is 11.0 Å². The lowest BCUT2D eigenvalue weighted by molar-refractivity contribution is -0.137. The topological polar surface area (TPSA) is 20.3 Å². The third-order valence-electron chi connectivity index (χ3n) is 3.45. The van der Waals surface area contributed by atoms with Crippen LogP contribution in [0.5, 0.6) is 0 Å². The molecule has 26 heavy (non-hydrogen) atoms. The first-order chi connectivity index (χ1) is 12.2. The van der Waals surface area contributed by atoms with Crippen molar-refractivity contribution in [3.63, 3.8) is 0 Å². The van der Waals surface area contributed by atoms with Gasteiger partial charge in [-0.15, -0.1) is 0 Å². The monoisotopic (exact) mass is 417 g/mol. The highest BCUT2D eigenvalue weighted by Gasteiger charge is 2.37. The number of carbonyl (C=O) groups excluding carboxylic acids is 1. The highest BCUT2D eigenvalue weighted by atomic mass is 35.5. The molecule has 0 aromatic heterocycles. The molecule has 1 aliphatic heterocycles. The van der Waals surface area contributed by atoms with E-state index >= 15 is 0 Å². The largest absolute Gasteiger partial charge is 0.417 e. The van der Waals surface area contributed by atoms with Crippen LogP contribution in [0.2, 0.25) is 5.02 Å². The van der Waals surface area contributed by atoms with Crippen molar-refractivity contribution in [1.29, 1.82) is 0 Å². The maximum Gasteiger partial charge on any atom is 0.417 e. The normalized spacial score (nSPS) is 16.7. The van der Waals surface area contributed by atoms with Crippen molar-refractivity contribution >= 4 is 57.6 Å². The summed E-state index contributed by atoms with van der Waals surface area (Å²) in [6.45, 7) is 0. The zero-order valence-electron chi connectivity index (χ0n) is 12.7. The van der Waals surface area contributed by atoms with Crippen LogP contribution in [0.3, 0.4) is 0 Å². The lowest BCUT2D eigenvalue weighted by Gasteiger charge is -2.17. The number of alkyl halides is 3. The highest BCUT2D eigenvalue weighted by Crippen LogP contribution is 2.40. The smallest absolute Gasteiger partial charge is 0.268 e. The van der Waals surface area contributed by atoms with Gasteiger partial charge in [0.25, 0.3) is 5.91 Å². The fourth-order valence-corrected chi connectivity index (χ4v) is 3.83. The highest BCUT2D eigenvalue weighted by molar-refractivity contribution is 8.27. The number of hydrogen-bond acceptors (Lipinski definition) is 3. The van der Waals surface area contributed by atoms with E-state index in [2.05, 4.69) is 0 Å². The van der Waals surface area contributed by atoms with Crippen molar-refractivity contribution in [3.05, 3.63) is 69.3 Å². The predicted octanol–water partition coefficient (Wildman–Crippen LogP) is 5.90. The third kappa shape index (κ3) is 3.77. The van der Waals surface area contributed by atoms with Crippen molar-refractivity contribution in [3.8, 4) is 0 Å². The molecule has 2 nitrogen and oxygen atoms in total. The van der Waals surface area contributed by atoms with E-state index in [0.717, 1.165) is 28.8 Å². The first-order valence-corrected chi connectivity index (χ1v) is 8.67. The SMILES string of the molecule is O=C1/C(=C/c2cccc(F)c2)SC(=S)N1c1ccc(Cl)c(C(F)(F)F)c1. The Morgan fingerprint density at radius 1 is 1.15 bits per heavy atom. The Morgan fingerprint density at radius 2 is 1.88 bits per heavy atom. The Kier molecular flexibility index (Phi) is 5.09. The van der Waals surface area contributed by atoms with Crippen LogP contribution in [-0.4, -0.2) is 10.2 Å². The summed E-state index contributed by atoms with van der Waals surface area (Å²) in [5, 5.41) is -0.470. The number of rotatable bonds is 2. The van der Waals surface area contributed by atoms with Crippen molar-refractivity contribution in [1.82, 2.24) is 0 Å². The van der Waals surface area contributed by atoms with Gasteiger partial charge in [0, 0.05) is 0 Å². The number of nitrogens with zero attached hydrogens (tertiary/aromatic N) is 1. The molecule has 134 valence electrons. The number of amides is 1. The van der Waals surface area contributed by atoms with Crippen LogP contribution in [0.25, 0.3) is 6.08 Å². The van der Waals surface area contributed by atoms with Gasteiger partial charge in [-0.05, 0) is 42.0 Å². The first-order valence-electron chi connectivity index (χ1n) is 7.07. The van der Waals surface area contributed by atoms with E-state index in [4.69, 9.17) is 23.8 Å². The Labute approximate surface area is 160 Å². The molecule has 2 aromatic rings. The van der Waals surface area contributed by atoms with Crippen LogP contribution in [0.4, 0.5) is 23.2 Å². The number of anilines is 1. The van der Waals surface area contributed by atoms with Gasteiger partial charge in [0.1, 0.15) is 5.82 Å². The second kappa shape index (κ2) is 7.02. The molecule has 2 aromatic carbocycles. The summed E-state index contributed by atoms with van der Waals surface area (Å²) >= 11 is 11.7. The maximum absolute atomic E-state index is 13.3. The molecule has 0 N–H and O–H groups in total. The van der Waals surface area contributed by atoms with Crippen LogP contribution >= 0.6 is 35.6 Å². The summed E-state index contributed by atoms with van der Waals surface area (Å²) in [7, 11) is 0. The Morgan fingerprint density at radius 3 is 2.54 bits per heavy atom. The van der Waals surface area contributed by atoms with E-state index in [1.807, 2.05) is 0 Å². The number of thioether (sulfide) groups is 1. The van der Waals surface area contributed by atoms with E-state index in [9.17, 15) is 22.4 Å². The Hall–Kier alpha value is -1.90. The minimum Gasteiger partial charge on any atom is -0.268 e. The number of carbonyl (C=O) groups is 1. The summed E-state index contributed by atoms with van der Waals surface area (Å²) in [6, 6.07) is 8.70. The van der Waals surface area contributed by atoms with Crippen LogP contribution in [0.15, 0.2) is 47.4 Å². The van der Waals surface area contributed by atoms with Gasteiger partial charge in [0.2, 0.25) is 0 Å². The number of thiocarbonyl (C=S) groups is 1. The van der Waals surface area contributed by atoms with E-state index in [-0.39, 0.29) is 14.9 Å². The van der Waals surface area contributed by atoms with E-state index < -0.39 is 28.5 Å².